The summed E-state index contributed by atoms with van der Waals surface area (Å²) >= 11 is 0. The van der Waals surface area contributed by atoms with Crippen molar-refractivity contribution in [2.75, 3.05) is 24.3 Å². The summed E-state index contributed by atoms with van der Waals surface area (Å²) in [5.41, 5.74) is 7.45. The van der Waals surface area contributed by atoms with Gasteiger partial charge in [0.05, 0.1) is 23.6 Å². The monoisotopic (exact) mass is 250 g/mol. The highest BCUT2D eigenvalue weighted by molar-refractivity contribution is 5.97. The van der Waals surface area contributed by atoms with E-state index in [1.54, 1.807) is 12.4 Å². The summed E-state index contributed by atoms with van der Waals surface area (Å²) < 4.78 is 0. The van der Waals surface area contributed by atoms with Gasteiger partial charge in [0.25, 0.3) is 0 Å². The number of hydrogen-bond acceptors (Lipinski definition) is 4. The Morgan fingerprint density at radius 2 is 2.17 bits per heavy atom. The second-order valence-corrected chi connectivity index (χ2v) is 5.01. The molecule has 1 rings (SSSR count). The number of carbonyl (C=O) groups is 1. The molecule has 0 aliphatic heterocycles. The van der Waals surface area contributed by atoms with E-state index in [1.807, 2.05) is 38.9 Å². The van der Waals surface area contributed by atoms with Gasteiger partial charge < -0.3 is 16.0 Å². The van der Waals surface area contributed by atoms with E-state index in [0.717, 1.165) is 5.69 Å². The van der Waals surface area contributed by atoms with E-state index in [1.165, 1.54) is 0 Å². The van der Waals surface area contributed by atoms with Gasteiger partial charge in [-0.1, -0.05) is 13.8 Å². The fourth-order valence-electron chi connectivity index (χ4n) is 1.71. The van der Waals surface area contributed by atoms with E-state index < -0.39 is 6.04 Å². The Hall–Kier alpha value is -1.62. The van der Waals surface area contributed by atoms with E-state index in [-0.39, 0.29) is 5.91 Å². The van der Waals surface area contributed by atoms with Crippen LogP contribution in [0.3, 0.4) is 0 Å². The Morgan fingerprint density at radius 1 is 1.50 bits per heavy atom. The molecule has 0 aromatic carbocycles. The van der Waals surface area contributed by atoms with Crippen molar-refractivity contribution in [3.8, 4) is 0 Å². The maximum Gasteiger partial charge on any atom is 0.241 e. The van der Waals surface area contributed by atoms with Crippen LogP contribution < -0.4 is 16.0 Å². The lowest BCUT2D eigenvalue weighted by atomic mass is 10.0. The zero-order chi connectivity index (χ0) is 13.7. The molecule has 18 heavy (non-hydrogen) atoms. The average molecular weight is 250 g/mol. The van der Waals surface area contributed by atoms with Crippen LogP contribution in [0.4, 0.5) is 11.4 Å². The van der Waals surface area contributed by atoms with E-state index in [2.05, 4.69) is 10.3 Å². The lowest BCUT2D eigenvalue weighted by molar-refractivity contribution is -0.117. The number of amides is 1. The molecule has 5 heteroatoms. The molecular formula is C13H22N4O. The van der Waals surface area contributed by atoms with E-state index in [4.69, 9.17) is 5.73 Å². The molecule has 0 aliphatic carbocycles. The molecule has 0 bridgehead atoms. The summed E-state index contributed by atoms with van der Waals surface area (Å²) in [6.07, 6.45) is 4.00. The largest absolute Gasteiger partial charge is 0.376 e. The van der Waals surface area contributed by atoms with Gasteiger partial charge in [-0.15, -0.1) is 0 Å². The highest BCUT2D eigenvalue weighted by Crippen LogP contribution is 2.22. The maximum atomic E-state index is 11.9. The van der Waals surface area contributed by atoms with Crippen LogP contribution >= 0.6 is 0 Å². The number of nitrogens with zero attached hydrogens (tertiary/aromatic N) is 2. The number of hydrogen-bond donors (Lipinski definition) is 2. The molecule has 0 radical (unpaired) electrons. The Balaban J connectivity index is 2.75. The third-order valence-electron chi connectivity index (χ3n) is 2.60. The number of anilines is 2. The Bertz CT molecular complexity index is 404. The van der Waals surface area contributed by atoms with Gasteiger partial charge in [0.1, 0.15) is 0 Å². The van der Waals surface area contributed by atoms with Crippen molar-refractivity contribution in [1.29, 1.82) is 0 Å². The Kier molecular flexibility index (Phi) is 5.09. The summed E-state index contributed by atoms with van der Waals surface area (Å²) in [5.74, 6) is 0.229. The van der Waals surface area contributed by atoms with Crippen LogP contribution in [0.5, 0.6) is 0 Å². The van der Waals surface area contributed by atoms with Crippen LogP contribution in [0.2, 0.25) is 0 Å². The third-order valence-corrected chi connectivity index (χ3v) is 2.60. The molecule has 5 nitrogen and oxygen atoms in total. The molecule has 0 saturated heterocycles. The Labute approximate surface area is 108 Å². The minimum Gasteiger partial charge on any atom is -0.376 e. The van der Waals surface area contributed by atoms with Crippen molar-refractivity contribution < 1.29 is 4.79 Å². The van der Waals surface area contributed by atoms with Crippen molar-refractivity contribution >= 4 is 17.3 Å². The highest BCUT2D eigenvalue weighted by Gasteiger charge is 2.16. The number of nitrogens with two attached hydrogens (primary N) is 1. The smallest absolute Gasteiger partial charge is 0.241 e. The first-order valence-corrected chi connectivity index (χ1v) is 6.09. The molecular weight excluding hydrogens is 228 g/mol. The standard InChI is InChI=1S/C13H22N4O/c1-9(2)7-10(14)13(18)16-11-8-15-6-5-12(11)17(3)4/h5-6,8-10H,7,14H2,1-4H3,(H,16,18)/t10-/m0/s1. The van der Waals surface area contributed by atoms with E-state index >= 15 is 0 Å². The van der Waals surface area contributed by atoms with Crippen LogP contribution in [0, 0.1) is 5.92 Å². The van der Waals surface area contributed by atoms with E-state index in [9.17, 15) is 4.79 Å². The van der Waals surface area contributed by atoms with Gasteiger partial charge >= 0.3 is 0 Å². The zero-order valence-electron chi connectivity index (χ0n) is 11.5. The average Bonchev–Trinajstić information content (AvgIpc) is 2.28. The zero-order valence-corrected chi connectivity index (χ0v) is 11.5. The summed E-state index contributed by atoms with van der Waals surface area (Å²) in [7, 11) is 3.83. The van der Waals surface area contributed by atoms with Crippen LogP contribution in [0.15, 0.2) is 18.5 Å². The highest BCUT2D eigenvalue weighted by atomic mass is 16.2. The summed E-state index contributed by atoms with van der Waals surface area (Å²) in [4.78, 5) is 17.9. The second-order valence-electron chi connectivity index (χ2n) is 5.01. The molecule has 1 heterocycles. The molecule has 1 aromatic rings. The van der Waals surface area contributed by atoms with Crippen LogP contribution in [-0.2, 0) is 4.79 Å². The van der Waals surface area contributed by atoms with Crippen LogP contribution in [0.1, 0.15) is 20.3 Å². The topological polar surface area (TPSA) is 71.2 Å². The van der Waals surface area contributed by atoms with E-state index in [0.29, 0.717) is 18.0 Å². The molecule has 0 fully saturated rings. The number of aromatic nitrogens is 1. The maximum absolute atomic E-state index is 11.9. The molecule has 1 atom stereocenters. The minimum absolute atomic E-state index is 0.167. The summed E-state index contributed by atoms with van der Waals surface area (Å²) in [5, 5.41) is 2.83. The minimum atomic E-state index is -0.486. The third kappa shape index (κ3) is 4.00. The van der Waals surface area contributed by atoms with Crippen molar-refractivity contribution in [3.63, 3.8) is 0 Å². The fourth-order valence-corrected chi connectivity index (χ4v) is 1.71. The first kappa shape index (κ1) is 14.4. The molecule has 1 aromatic heterocycles. The normalized spacial score (nSPS) is 12.3. The second kappa shape index (κ2) is 6.35. The van der Waals surface area contributed by atoms with Crippen molar-refractivity contribution in [3.05, 3.63) is 18.5 Å². The van der Waals surface area contributed by atoms with Crippen LogP contribution in [-0.4, -0.2) is 31.0 Å². The molecule has 3 N–H and O–H groups in total. The predicted molar refractivity (Wildman–Crippen MR) is 74.6 cm³/mol. The van der Waals surface area contributed by atoms with Gasteiger partial charge in [0.15, 0.2) is 0 Å². The fraction of sp³-hybridized carbons (Fsp3) is 0.538. The first-order valence-electron chi connectivity index (χ1n) is 6.09. The van der Waals surface area contributed by atoms with Gasteiger partial charge in [-0.25, -0.2) is 0 Å². The molecule has 0 spiro atoms. The number of pyridine rings is 1. The van der Waals surface area contributed by atoms with Gasteiger partial charge in [-0.2, -0.15) is 0 Å². The summed E-state index contributed by atoms with van der Waals surface area (Å²) in [6, 6.07) is 1.36. The molecule has 0 aliphatic rings. The first-order chi connectivity index (χ1) is 8.41. The summed E-state index contributed by atoms with van der Waals surface area (Å²) in [6.45, 7) is 4.09. The van der Waals surface area contributed by atoms with Gasteiger partial charge in [-0.05, 0) is 18.4 Å². The van der Waals surface area contributed by atoms with Crippen molar-refractivity contribution in [2.24, 2.45) is 11.7 Å². The van der Waals surface area contributed by atoms with Gasteiger partial charge in [0, 0.05) is 20.3 Å². The Morgan fingerprint density at radius 3 is 2.72 bits per heavy atom. The lowest BCUT2D eigenvalue weighted by Crippen LogP contribution is -2.37. The van der Waals surface area contributed by atoms with Crippen molar-refractivity contribution in [2.45, 2.75) is 26.3 Å². The van der Waals surface area contributed by atoms with Gasteiger partial charge in [-0.3, -0.25) is 9.78 Å². The molecule has 0 saturated carbocycles. The molecule has 0 unspecified atom stereocenters. The predicted octanol–water partition coefficient (Wildman–Crippen LogP) is 1.46. The molecule has 1 amide bonds. The number of nitrogens with one attached hydrogen (secondary N) is 1. The van der Waals surface area contributed by atoms with Crippen molar-refractivity contribution in [1.82, 2.24) is 4.98 Å². The molecule has 100 valence electrons. The van der Waals surface area contributed by atoms with Crippen LogP contribution in [0.25, 0.3) is 0 Å². The lowest BCUT2D eigenvalue weighted by Gasteiger charge is -2.19. The quantitative estimate of drug-likeness (QED) is 0.830. The SMILES string of the molecule is CC(C)C[C@H](N)C(=O)Nc1cnccc1N(C)C. The number of carbonyl (C=O) groups excluding carboxylic acids is 1. The van der Waals surface area contributed by atoms with Gasteiger partial charge in [0.2, 0.25) is 5.91 Å². The number of rotatable bonds is 5.